The molecule has 0 bridgehead atoms. The zero-order chi connectivity index (χ0) is 13.5. The molecule has 0 spiro atoms. The number of urea groups is 1. The van der Waals surface area contributed by atoms with E-state index in [1.165, 1.54) is 18.5 Å². The van der Waals surface area contributed by atoms with Crippen molar-refractivity contribution in [3.05, 3.63) is 18.5 Å². The number of rotatable bonds is 5. The molecule has 0 fully saturated rings. The van der Waals surface area contributed by atoms with Gasteiger partial charge in [0.25, 0.3) is 0 Å². The van der Waals surface area contributed by atoms with Crippen LogP contribution in [0.5, 0.6) is 0 Å². The molecule has 0 aliphatic rings. The summed E-state index contributed by atoms with van der Waals surface area (Å²) in [7, 11) is 0. The molecule has 18 heavy (non-hydrogen) atoms. The Bertz CT molecular complexity index is 450. The number of hydrogen-bond acceptors (Lipinski definition) is 5. The number of nitrogens with one attached hydrogen (secondary N) is 2. The van der Waals surface area contributed by atoms with Gasteiger partial charge in [-0.05, 0) is 6.07 Å². The summed E-state index contributed by atoms with van der Waals surface area (Å²) in [5.74, 6) is -2.80. The lowest BCUT2D eigenvalue weighted by molar-refractivity contribution is -0.145. The Hall–Kier alpha value is -2.71. The predicted molar refractivity (Wildman–Crippen MR) is 57.9 cm³/mol. The highest BCUT2D eigenvalue weighted by Crippen LogP contribution is 1.96. The Kier molecular flexibility index (Phi) is 4.55. The number of amides is 2. The van der Waals surface area contributed by atoms with Gasteiger partial charge < -0.3 is 15.5 Å². The van der Waals surface area contributed by atoms with Gasteiger partial charge in [-0.3, -0.25) is 10.1 Å². The highest BCUT2D eigenvalue weighted by molar-refractivity contribution is 5.92. The first-order chi connectivity index (χ1) is 8.49. The van der Waals surface area contributed by atoms with Gasteiger partial charge in [0.1, 0.15) is 6.04 Å². The second kappa shape index (κ2) is 6.13. The van der Waals surface area contributed by atoms with Crippen molar-refractivity contribution in [2.24, 2.45) is 0 Å². The SMILES string of the molecule is O=C(O)C[C@@H](NC(=O)Nc1ncccn1)C(=O)O. The van der Waals surface area contributed by atoms with E-state index in [9.17, 15) is 14.4 Å². The molecule has 0 saturated carbocycles. The largest absolute Gasteiger partial charge is 0.481 e. The topological polar surface area (TPSA) is 142 Å². The monoisotopic (exact) mass is 254 g/mol. The van der Waals surface area contributed by atoms with E-state index >= 15 is 0 Å². The van der Waals surface area contributed by atoms with Crippen molar-refractivity contribution in [1.29, 1.82) is 0 Å². The van der Waals surface area contributed by atoms with E-state index in [-0.39, 0.29) is 5.95 Å². The molecule has 9 heteroatoms. The minimum absolute atomic E-state index is 0.0190. The lowest BCUT2D eigenvalue weighted by Crippen LogP contribution is -2.44. The van der Waals surface area contributed by atoms with Crippen molar-refractivity contribution in [3.63, 3.8) is 0 Å². The fourth-order valence-corrected chi connectivity index (χ4v) is 1.03. The third-order valence-corrected chi connectivity index (χ3v) is 1.77. The molecule has 9 nitrogen and oxygen atoms in total. The first-order valence-corrected chi connectivity index (χ1v) is 4.78. The summed E-state index contributed by atoms with van der Waals surface area (Å²) in [6.45, 7) is 0. The fourth-order valence-electron chi connectivity index (χ4n) is 1.03. The van der Waals surface area contributed by atoms with Crippen LogP contribution in [0.15, 0.2) is 18.5 Å². The number of carbonyl (C=O) groups is 3. The average molecular weight is 254 g/mol. The number of carboxylic acid groups (broad SMARTS) is 2. The van der Waals surface area contributed by atoms with Crippen LogP contribution in [0.25, 0.3) is 0 Å². The van der Waals surface area contributed by atoms with E-state index in [0.717, 1.165) is 0 Å². The molecule has 0 aliphatic heterocycles. The molecule has 0 aromatic carbocycles. The Morgan fingerprint density at radius 3 is 2.33 bits per heavy atom. The Labute approximate surface area is 101 Å². The molecule has 0 saturated heterocycles. The molecule has 1 rings (SSSR count). The summed E-state index contributed by atoms with van der Waals surface area (Å²) in [6, 6.07) is -0.880. The van der Waals surface area contributed by atoms with E-state index in [1.54, 1.807) is 0 Å². The molecule has 1 aromatic heterocycles. The van der Waals surface area contributed by atoms with Gasteiger partial charge in [-0.25, -0.2) is 19.6 Å². The van der Waals surface area contributed by atoms with E-state index in [4.69, 9.17) is 10.2 Å². The summed E-state index contributed by atoms with van der Waals surface area (Å²) in [5.41, 5.74) is 0. The first kappa shape index (κ1) is 13.4. The standard InChI is InChI=1S/C9H10N4O5/c14-6(15)4-5(7(16)17)12-9(18)13-8-10-2-1-3-11-8/h1-3,5H,4H2,(H,14,15)(H,16,17)(H2,10,11,12,13,18)/t5-/m1/s1. The second-order valence-corrected chi connectivity index (χ2v) is 3.16. The number of aromatic nitrogens is 2. The molecule has 1 atom stereocenters. The molecule has 0 aliphatic carbocycles. The van der Waals surface area contributed by atoms with Crippen molar-refractivity contribution in [1.82, 2.24) is 15.3 Å². The van der Waals surface area contributed by atoms with Gasteiger partial charge in [-0.1, -0.05) is 0 Å². The number of carbonyl (C=O) groups excluding carboxylic acids is 1. The first-order valence-electron chi connectivity index (χ1n) is 4.78. The second-order valence-electron chi connectivity index (χ2n) is 3.16. The zero-order valence-corrected chi connectivity index (χ0v) is 9.03. The molecule has 0 unspecified atom stereocenters. The molecular weight excluding hydrogens is 244 g/mol. The molecule has 2 amide bonds. The van der Waals surface area contributed by atoms with Crippen molar-refractivity contribution >= 4 is 23.9 Å². The van der Waals surface area contributed by atoms with Gasteiger partial charge in [-0.2, -0.15) is 0 Å². The number of aliphatic carboxylic acids is 2. The number of hydrogen-bond donors (Lipinski definition) is 4. The Morgan fingerprint density at radius 1 is 1.22 bits per heavy atom. The normalized spacial score (nSPS) is 11.3. The van der Waals surface area contributed by atoms with Gasteiger partial charge in [0.15, 0.2) is 0 Å². The third-order valence-electron chi connectivity index (χ3n) is 1.77. The minimum Gasteiger partial charge on any atom is -0.481 e. The number of anilines is 1. The molecule has 4 N–H and O–H groups in total. The van der Waals surface area contributed by atoms with Crippen LogP contribution in [0, 0.1) is 0 Å². The van der Waals surface area contributed by atoms with E-state index in [2.05, 4.69) is 15.3 Å². The summed E-state index contributed by atoms with van der Waals surface area (Å²) in [4.78, 5) is 39.8. The Balaban J connectivity index is 2.56. The smallest absolute Gasteiger partial charge is 0.326 e. The van der Waals surface area contributed by atoms with Gasteiger partial charge >= 0.3 is 18.0 Å². The van der Waals surface area contributed by atoms with Gasteiger partial charge in [0.2, 0.25) is 5.95 Å². The lowest BCUT2D eigenvalue weighted by atomic mass is 10.2. The molecule has 1 aromatic rings. The highest BCUT2D eigenvalue weighted by atomic mass is 16.4. The van der Waals surface area contributed by atoms with E-state index in [1.807, 2.05) is 5.32 Å². The average Bonchev–Trinajstić information content (AvgIpc) is 2.28. The molecule has 1 heterocycles. The quantitative estimate of drug-likeness (QED) is 0.556. The lowest BCUT2D eigenvalue weighted by Gasteiger charge is -2.12. The van der Waals surface area contributed by atoms with Gasteiger partial charge in [-0.15, -0.1) is 0 Å². The van der Waals surface area contributed by atoms with Crippen LogP contribution < -0.4 is 10.6 Å². The minimum atomic E-state index is -1.52. The number of carboxylic acids is 2. The van der Waals surface area contributed by atoms with Crippen LogP contribution in [0.3, 0.4) is 0 Å². The van der Waals surface area contributed by atoms with Crippen LogP contribution in [0.4, 0.5) is 10.7 Å². The van der Waals surface area contributed by atoms with E-state index in [0.29, 0.717) is 0 Å². The highest BCUT2D eigenvalue weighted by Gasteiger charge is 2.23. The summed E-state index contributed by atoms with van der Waals surface area (Å²) in [5, 5.41) is 21.3. The molecule has 96 valence electrons. The van der Waals surface area contributed by atoms with Crippen molar-refractivity contribution in [3.8, 4) is 0 Å². The van der Waals surface area contributed by atoms with E-state index < -0.39 is 30.4 Å². The molecular formula is C9H10N4O5. The summed E-state index contributed by atoms with van der Waals surface area (Å²) >= 11 is 0. The Morgan fingerprint density at radius 2 is 1.83 bits per heavy atom. The van der Waals surface area contributed by atoms with Crippen LogP contribution in [0.2, 0.25) is 0 Å². The predicted octanol–water partition coefficient (Wildman–Crippen LogP) is -0.474. The molecule has 0 radical (unpaired) electrons. The maximum absolute atomic E-state index is 11.4. The van der Waals surface area contributed by atoms with Crippen LogP contribution in [-0.2, 0) is 9.59 Å². The maximum atomic E-state index is 11.4. The summed E-state index contributed by atoms with van der Waals surface area (Å²) < 4.78 is 0. The van der Waals surface area contributed by atoms with Crippen LogP contribution >= 0.6 is 0 Å². The van der Waals surface area contributed by atoms with Gasteiger partial charge in [0, 0.05) is 12.4 Å². The maximum Gasteiger partial charge on any atom is 0.326 e. The third kappa shape index (κ3) is 4.43. The zero-order valence-electron chi connectivity index (χ0n) is 9.03. The van der Waals surface area contributed by atoms with Crippen LogP contribution in [0.1, 0.15) is 6.42 Å². The van der Waals surface area contributed by atoms with Crippen molar-refractivity contribution in [2.45, 2.75) is 12.5 Å². The fraction of sp³-hybridized carbons (Fsp3) is 0.222. The number of nitrogens with zero attached hydrogens (tertiary/aromatic N) is 2. The van der Waals surface area contributed by atoms with Crippen molar-refractivity contribution in [2.75, 3.05) is 5.32 Å². The van der Waals surface area contributed by atoms with Crippen LogP contribution in [-0.4, -0.2) is 44.2 Å². The van der Waals surface area contributed by atoms with Crippen molar-refractivity contribution < 1.29 is 24.6 Å². The summed E-state index contributed by atoms with van der Waals surface area (Å²) in [6.07, 6.45) is 2.04. The van der Waals surface area contributed by atoms with Gasteiger partial charge in [0.05, 0.1) is 6.42 Å².